The summed E-state index contributed by atoms with van der Waals surface area (Å²) in [6, 6.07) is 6.46. The van der Waals surface area contributed by atoms with Gasteiger partial charge in [-0.1, -0.05) is 41.0 Å². The van der Waals surface area contributed by atoms with Crippen LogP contribution in [-0.4, -0.2) is 76.9 Å². The summed E-state index contributed by atoms with van der Waals surface area (Å²) in [4.78, 5) is 28.8. The van der Waals surface area contributed by atoms with E-state index >= 15 is 0 Å². The van der Waals surface area contributed by atoms with Crippen molar-refractivity contribution in [1.29, 1.82) is 0 Å². The van der Waals surface area contributed by atoms with Crippen LogP contribution < -0.4 is 10.6 Å². The number of nitrogen functional groups attached to an aromatic ring is 1. The smallest absolute Gasteiger partial charge is 0.303 e. The average Bonchev–Trinajstić information content (AvgIpc) is 3.27. The molecule has 9 nitrogen and oxygen atoms in total. The molecule has 1 aliphatic rings. The number of aromatic nitrogens is 3. The Bertz CT molecular complexity index is 1260. The van der Waals surface area contributed by atoms with Gasteiger partial charge in [0, 0.05) is 55.6 Å². The summed E-state index contributed by atoms with van der Waals surface area (Å²) in [6.45, 7) is 16.3. The predicted molar refractivity (Wildman–Crippen MR) is 154 cm³/mol. The molecule has 4 rings (SSSR count). The molecule has 1 fully saturated rings. The number of rotatable bonds is 12. The number of aryl methyl sites for hydroxylation is 1. The van der Waals surface area contributed by atoms with Gasteiger partial charge in [0.1, 0.15) is 11.3 Å². The summed E-state index contributed by atoms with van der Waals surface area (Å²) in [5.74, 6) is 0.664. The molecule has 0 aliphatic carbocycles. The number of fused-ring (bicyclic) bond motifs is 3. The molecule has 9 heteroatoms. The highest BCUT2D eigenvalue weighted by atomic mass is 16.5. The van der Waals surface area contributed by atoms with Crippen LogP contribution in [0.4, 0.5) is 11.5 Å². The van der Waals surface area contributed by atoms with E-state index in [4.69, 9.17) is 20.6 Å². The summed E-state index contributed by atoms with van der Waals surface area (Å²) < 4.78 is 5.97. The topological polar surface area (TPSA) is 121 Å². The lowest BCUT2D eigenvalue weighted by atomic mass is 9.90. The molecule has 3 aromatic rings. The van der Waals surface area contributed by atoms with Crippen LogP contribution in [0.1, 0.15) is 59.7 Å². The van der Waals surface area contributed by atoms with E-state index in [-0.39, 0.29) is 17.3 Å². The molecule has 0 bridgehead atoms. The largest absolute Gasteiger partial charge is 0.481 e. The van der Waals surface area contributed by atoms with Gasteiger partial charge in [0.05, 0.1) is 30.7 Å². The number of imidazole rings is 1. The monoisotopic (exact) mass is 524 g/mol. The molecule has 3 heterocycles. The Hall–Kier alpha value is -2.91. The first-order chi connectivity index (χ1) is 18.0. The van der Waals surface area contributed by atoms with Crippen molar-refractivity contribution in [2.45, 2.75) is 60.3 Å². The zero-order valence-corrected chi connectivity index (χ0v) is 23.6. The lowest BCUT2D eigenvalue weighted by molar-refractivity contribution is -0.140. The van der Waals surface area contributed by atoms with Crippen LogP contribution in [0.15, 0.2) is 18.2 Å². The van der Waals surface area contributed by atoms with Crippen molar-refractivity contribution in [3.63, 3.8) is 0 Å². The number of hydrogen-bond donors (Lipinski definition) is 3. The van der Waals surface area contributed by atoms with Crippen LogP contribution in [0, 0.1) is 10.8 Å². The lowest BCUT2D eigenvalue weighted by Gasteiger charge is -2.40. The van der Waals surface area contributed by atoms with Gasteiger partial charge in [0.2, 0.25) is 0 Å². The molecule has 1 saturated heterocycles. The van der Waals surface area contributed by atoms with Crippen LogP contribution >= 0.6 is 0 Å². The maximum Gasteiger partial charge on any atom is 0.303 e. The minimum atomic E-state index is -0.785. The highest BCUT2D eigenvalue weighted by Gasteiger charge is 2.28. The standard InChI is InChI=1S/C29H44N6O3/c1-6-7-8-23-32-25-21-10-9-20(15-22(21)31-27(30)26(25)33-23)35-13-11-34(12-14-35)17-29(4,5)19-38-18-28(2,3)16-24(36)37/h9-10,15H,6-8,11-14,16-19H2,1-5H3,(H2,30,31)(H,32,33)(H,36,37). The third kappa shape index (κ3) is 6.94. The van der Waals surface area contributed by atoms with Crippen molar-refractivity contribution < 1.29 is 14.6 Å². The first kappa shape index (κ1) is 28.1. The Balaban J connectivity index is 1.35. The maximum atomic E-state index is 11.1. The summed E-state index contributed by atoms with van der Waals surface area (Å²) in [7, 11) is 0. The Morgan fingerprint density at radius 1 is 1.11 bits per heavy atom. The average molecular weight is 525 g/mol. The van der Waals surface area contributed by atoms with E-state index in [1.54, 1.807) is 0 Å². The Kier molecular flexibility index (Phi) is 8.47. The number of nitrogens with two attached hydrogens (primary N) is 1. The number of nitrogens with one attached hydrogen (secondary N) is 1. The van der Waals surface area contributed by atoms with E-state index < -0.39 is 5.97 Å². The van der Waals surface area contributed by atoms with Crippen LogP contribution in [0.5, 0.6) is 0 Å². The second-order valence-electron chi connectivity index (χ2n) is 12.4. The third-order valence-corrected chi connectivity index (χ3v) is 7.26. The molecule has 0 saturated carbocycles. The van der Waals surface area contributed by atoms with Crippen LogP contribution in [0.2, 0.25) is 0 Å². The fourth-order valence-corrected chi connectivity index (χ4v) is 5.35. The second-order valence-corrected chi connectivity index (χ2v) is 12.4. The van der Waals surface area contributed by atoms with E-state index in [1.807, 2.05) is 13.8 Å². The highest BCUT2D eigenvalue weighted by molar-refractivity contribution is 6.06. The van der Waals surface area contributed by atoms with Crippen LogP contribution in [0.25, 0.3) is 21.9 Å². The summed E-state index contributed by atoms with van der Waals surface area (Å²) in [6.07, 6.45) is 3.25. The number of unbranched alkanes of at least 4 members (excludes halogenated alkanes) is 1. The van der Waals surface area contributed by atoms with Gasteiger partial charge in [0.15, 0.2) is 5.82 Å². The molecule has 0 amide bonds. The first-order valence-corrected chi connectivity index (χ1v) is 13.8. The van der Waals surface area contributed by atoms with Crippen LogP contribution in [0.3, 0.4) is 0 Å². The number of pyridine rings is 1. The number of aliphatic carboxylic acids is 1. The lowest BCUT2D eigenvalue weighted by Crippen LogP contribution is -2.49. The van der Waals surface area contributed by atoms with Crippen molar-refractivity contribution in [3.05, 3.63) is 24.0 Å². The van der Waals surface area contributed by atoms with Gasteiger partial charge in [0.25, 0.3) is 0 Å². The number of piperazine rings is 1. The Labute approximate surface area is 225 Å². The van der Waals surface area contributed by atoms with Crippen molar-refractivity contribution in [2.75, 3.05) is 56.6 Å². The molecule has 4 N–H and O–H groups in total. The molecule has 2 aromatic heterocycles. The molecule has 38 heavy (non-hydrogen) atoms. The van der Waals surface area contributed by atoms with Crippen LogP contribution in [-0.2, 0) is 16.0 Å². The second kappa shape index (κ2) is 11.5. The van der Waals surface area contributed by atoms with E-state index in [2.05, 4.69) is 58.7 Å². The van der Waals surface area contributed by atoms with Gasteiger partial charge < -0.3 is 25.5 Å². The zero-order valence-electron chi connectivity index (χ0n) is 23.6. The number of benzene rings is 1. The maximum absolute atomic E-state index is 11.1. The fraction of sp³-hybridized carbons (Fsp3) is 0.621. The number of anilines is 2. The minimum absolute atomic E-state index is 0.0166. The van der Waals surface area contributed by atoms with Gasteiger partial charge in [-0.25, -0.2) is 9.97 Å². The quantitative estimate of drug-likeness (QED) is 0.312. The van der Waals surface area contributed by atoms with E-state index in [0.717, 1.165) is 85.4 Å². The molecule has 1 aromatic carbocycles. The molecule has 0 atom stereocenters. The molecular formula is C29H44N6O3. The third-order valence-electron chi connectivity index (χ3n) is 7.26. The Morgan fingerprint density at radius 3 is 2.50 bits per heavy atom. The normalized spacial score (nSPS) is 15.6. The highest BCUT2D eigenvalue weighted by Crippen LogP contribution is 2.30. The Morgan fingerprint density at radius 2 is 1.82 bits per heavy atom. The number of nitrogens with zero attached hydrogens (tertiary/aromatic N) is 4. The van der Waals surface area contributed by atoms with E-state index in [0.29, 0.717) is 19.0 Å². The zero-order chi connectivity index (χ0) is 27.5. The van der Waals surface area contributed by atoms with Gasteiger partial charge in [-0.15, -0.1) is 0 Å². The van der Waals surface area contributed by atoms with Gasteiger partial charge >= 0.3 is 5.97 Å². The fourth-order valence-electron chi connectivity index (χ4n) is 5.35. The van der Waals surface area contributed by atoms with E-state index in [1.165, 1.54) is 0 Å². The molecule has 0 radical (unpaired) electrons. The molecule has 0 unspecified atom stereocenters. The predicted octanol–water partition coefficient (Wildman–Crippen LogP) is 4.70. The van der Waals surface area contributed by atoms with Crippen molar-refractivity contribution in [1.82, 2.24) is 19.9 Å². The molecule has 208 valence electrons. The minimum Gasteiger partial charge on any atom is -0.481 e. The van der Waals surface area contributed by atoms with Gasteiger partial charge in [-0.3, -0.25) is 9.69 Å². The number of carbonyl (C=O) groups is 1. The van der Waals surface area contributed by atoms with Gasteiger partial charge in [-0.2, -0.15) is 0 Å². The number of carboxylic acids is 1. The number of H-pyrrole nitrogens is 1. The van der Waals surface area contributed by atoms with Gasteiger partial charge in [-0.05, 0) is 30.0 Å². The van der Waals surface area contributed by atoms with Crippen molar-refractivity contribution >= 4 is 39.4 Å². The number of carboxylic acid groups (broad SMARTS) is 1. The molecule has 0 spiro atoms. The number of aromatic amines is 1. The summed E-state index contributed by atoms with van der Waals surface area (Å²) in [5.41, 5.74) is 9.72. The number of hydrogen-bond acceptors (Lipinski definition) is 7. The number of ether oxygens (including phenoxy) is 1. The summed E-state index contributed by atoms with van der Waals surface area (Å²) >= 11 is 0. The molecular weight excluding hydrogens is 480 g/mol. The van der Waals surface area contributed by atoms with Crippen molar-refractivity contribution in [2.24, 2.45) is 10.8 Å². The van der Waals surface area contributed by atoms with E-state index in [9.17, 15) is 4.79 Å². The first-order valence-electron chi connectivity index (χ1n) is 13.8. The molecule has 1 aliphatic heterocycles. The summed E-state index contributed by atoms with van der Waals surface area (Å²) in [5, 5.41) is 10.1. The van der Waals surface area contributed by atoms with Crippen molar-refractivity contribution in [3.8, 4) is 0 Å². The SMILES string of the molecule is CCCCc1nc2c(N)nc3cc(N4CCN(CC(C)(C)COCC(C)(C)CC(=O)O)CC4)ccc3c2[nH]1.